The Hall–Kier alpha value is -1.17. The van der Waals surface area contributed by atoms with Crippen LogP contribution in [0.5, 0.6) is 0 Å². The van der Waals surface area contributed by atoms with E-state index in [0.717, 1.165) is 12.1 Å². The summed E-state index contributed by atoms with van der Waals surface area (Å²) in [4.78, 5) is 1.86. The standard InChI is InChI=1S/C16H19NO2S2/c1-12(15-6-4-9-20-15)11-17-14-8-10-21(18,19)16-7-3-2-5-13(14)16/h2-7,9,12,14,17H,8,10-11H2,1H3/t12-,14-/m0/s1. The Labute approximate surface area is 129 Å². The molecule has 0 saturated heterocycles. The minimum absolute atomic E-state index is 0.132. The maximum Gasteiger partial charge on any atom is 0.178 e. The molecule has 112 valence electrons. The smallest absolute Gasteiger partial charge is 0.178 e. The summed E-state index contributed by atoms with van der Waals surface area (Å²) in [6.45, 7) is 3.06. The topological polar surface area (TPSA) is 46.2 Å². The van der Waals surface area contributed by atoms with Crippen LogP contribution in [0.3, 0.4) is 0 Å². The SMILES string of the molecule is C[C@@H](CN[C@H]1CCS(=O)(=O)c2ccccc21)c1cccs1. The molecule has 0 saturated carbocycles. The molecule has 0 fully saturated rings. The molecule has 0 unspecified atom stereocenters. The monoisotopic (exact) mass is 321 g/mol. The fourth-order valence-electron chi connectivity index (χ4n) is 2.79. The number of hydrogen-bond acceptors (Lipinski definition) is 4. The Morgan fingerprint density at radius 1 is 1.29 bits per heavy atom. The molecule has 5 heteroatoms. The third-order valence-electron chi connectivity index (χ3n) is 4.00. The van der Waals surface area contributed by atoms with E-state index < -0.39 is 9.84 Å². The van der Waals surface area contributed by atoms with E-state index in [1.54, 1.807) is 23.5 Å². The fourth-order valence-corrected chi connectivity index (χ4v) is 5.20. The van der Waals surface area contributed by atoms with Crippen molar-refractivity contribution in [1.82, 2.24) is 5.32 Å². The van der Waals surface area contributed by atoms with E-state index in [0.29, 0.717) is 17.2 Å². The molecule has 2 heterocycles. The first-order chi connectivity index (χ1) is 10.1. The highest BCUT2D eigenvalue weighted by atomic mass is 32.2. The van der Waals surface area contributed by atoms with Crippen LogP contribution in [0.1, 0.15) is 35.7 Å². The lowest BCUT2D eigenvalue weighted by atomic mass is 10.0. The molecular weight excluding hydrogens is 302 g/mol. The predicted molar refractivity (Wildman–Crippen MR) is 86.6 cm³/mol. The van der Waals surface area contributed by atoms with Crippen LogP contribution in [0.15, 0.2) is 46.7 Å². The minimum Gasteiger partial charge on any atom is -0.309 e. The van der Waals surface area contributed by atoms with Gasteiger partial charge in [-0.05, 0) is 29.5 Å². The summed E-state index contributed by atoms with van der Waals surface area (Å²) in [5.74, 6) is 0.672. The molecule has 2 aromatic rings. The van der Waals surface area contributed by atoms with Gasteiger partial charge in [0.05, 0.1) is 10.6 Å². The number of hydrogen-bond donors (Lipinski definition) is 1. The molecule has 0 bridgehead atoms. The first kappa shape index (κ1) is 14.8. The first-order valence-corrected chi connectivity index (χ1v) is 9.69. The highest BCUT2D eigenvalue weighted by Crippen LogP contribution is 2.32. The largest absolute Gasteiger partial charge is 0.309 e. The minimum atomic E-state index is -3.09. The van der Waals surface area contributed by atoms with Crippen molar-refractivity contribution in [2.45, 2.75) is 30.2 Å². The van der Waals surface area contributed by atoms with Crippen LogP contribution in [0, 0.1) is 0 Å². The summed E-state index contributed by atoms with van der Waals surface area (Å²) < 4.78 is 24.2. The van der Waals surface area contributed by atoms with Gasteiger partial charge in [0.2, 0.25) is 0 Å². The van der Waals surface area contributed by atoms with Crippen molar-refractivity contribution >= 4 is 21.2 Å². The van der Waals surface area contributed by atoms with Crippen LogP contribution < -0.4 is 5.32 Å². The summed E-state index contributed by atoms with van der Waals surface area (Å²) in [5.41, 5.74) is 0.919. The summed E-state index contributed by atoms with van der Waals surface area (Å²) in [6.07, 6.45) is 0.649. The van der Waals surface area contributed by atoms with Gasteiger partial charge < -0.3 is 5.32 Å². The molecule has 1 aromatic carbocycles. The van der Waals surface area contributed by atoms with Crippen LogP contribution in [0.4, 0.5) is 0 Å². The number of sulfone groups is 1. The van der Waals surface area contributed by atoms with Crippen molar-refractivity contribution in [3.8, 4) is 0 Å². The van der Waals surface area contributed by atoms with Crippen LogP contribution in [0.25, 0.3) is 0 Å². The fraction of sp³-hybridized carbons (Fsp3) is 0.375. The summed E-state index contributed by atoms with van der Waals surface area (Å²) in [7, 11) is -3.09. The summed E-state index contributed by atoms with van der Waals surface area (Å²) >= 11 is 1.77. The van der Waals surface area contributed by atoms with Gasteiger partial charge in [-0.3, -0.25) is 0 Å². The molecule has 1 aliphatic heterocycles. The zero-order valence-corrected chi connectivity index (χ0v) is 13.6. The van der Waals surface area contributed by atoms with Crippen molar-refractivity contribution in [1.29, 1.82) is 0 Å². The Morgan fingerprint density at radius 3 is 2.86 bits per heavy atom. The van der Waals surface area contributed by atoms with Gasteiger partial charge in [-0.15, -0.1) is 11.3 Å². The van der Waals surface area contributed by atoms with E-state index in [9.17, 15) is 8.42 Å². The second-order valence-corrected chi connectivity index (χ2v) is 8.58. The van der Waals surface area contributed by atoms with Crippen molar-refractivity contribution in [2.75, 3.05) is 12.3 Å². The van der Waals surface area contributed by atoms with Crippen LogP contribution in [-0.4, -0.2) is 20.7 Å². The molecule has 3 rings (SSSR count). The summed E-state index contributed by atoms with van der Waals surface area (Å²) in [5, 5.41) is 5.64. The predicted octanol–water partition coefficient (Wildman–Crippen LogP) is 3.36. The molecular formula is C16H19NO2S2. The Bertz CT molecular complexity index is 708. The van der Waals surface area contributed by atoms with Gasteiger partial charge in [0.15, 0.2) is 9.84 Å². The van der Waals surface area contributed by atoms with E-state index >= 15 is 0 Å². The normalized spacial score (nSPS) is 21.7. The number of rotatable bonds is 4. The average molecular weight is 321 g/mol. The average Bonchev–Trinajstić information content (AvgIpc) is 3.01. The molecule has 0 radical (unpaired) electrons. The van der Waals surface area contributed by atoms with Crippen molar-refractivity contribution in [3.05, 3.63) is 52.2 Å². The molecule has 21 heavy (non-hydrogen) atoms. The van der Waals surface area contributed by atoms with Gasteiger partial charge >= 0.3 is 0 Å². The molecule has 3 nitrogen and oxygen atoms in total. The lowest BCUT2D eigenvalue weighted by molar-refractivity contribution is 0.476. The third kappa shape index (κ3) is 3.05. The van der Waals surface area contributed by atoms with Gasteiger partial charge in [-0.2, -0.15) is 0 Å². The van der Waals surface area contributed by atoms with Gasteiger partial charge in [0.1, 0.15) is 0 Å². The van der Waals surface area contributed by atoms with Crippen molar-refractivity contribution < 1.29 is 8.42 Å². The number of fused-ring (bicyclic) bond motifs is 1. The van der Waals surface area contributed by atoms with E-state index in [2.05, 4.69) is 29.8 Å². The van der Waals surface area contributed by atoms with E-state index in [-0.39, 0.29) is 11.8 Å². The van der Waals surface area contributed by atoms with Gasteiger partial charge in [0.25, 0.3) is 0 Å². The van der Waals surface area contributed by atoms with E-state index in [1.165, 1.54) is 4.88 Å². The molecule has 1 N–H and O–H groups in total. The molecule has 0 amide bonds. The zero-order chi connectivity index (χ0) is 14.9. The lowest BCUT2D eigenvalue weighted by Gasteiger charge is -2.27. The molecule has 0 spiro atoms. The third-order valence-corrected chi connectivity index (χ3v) is 6.92. The van der Waals surface area contributed by atoms with E-state index in [1.807, 2.05) is 12.1 Å². The zero-order valence-electron chi connectivity index (χ0n) is 12.0. The van der Waals surface area contributed by atoms with Crippen molar-refractivity contribution in [3.63, 3.8) is 0 Å². The van der Waals surface area contributed by atoms with Gasteiger partial charge in [-0.1, -0.05) is 31.2 Å². The molecule has 2 atom stereocenters. The Kier molecular flexibility index (Phi) is 4.15. The first-order valence-electron chi connectivity index (χ1n) is 7.16. The quantitative estimate of drug-likeness (QED) is 0.939. The van der Waals surface area contributed by atoms with Gasteiger partial charge in [-0.25, -0.2) is 8.42 Å². The number of nitrogens with one attached hydrogen (secondary N) is 1. The molecule has 1 aliphatic rings. The maximum absolute atomic E-state index is 12.1. The Balaban J connectivity index is 1.75. The maximum atomic E-state index is 12.1. The molecule has 1 aromatic heterocycles. The summed E-state index contributed by atoms with van der Waals surface area (Å²) in [6, 6.07) is 11.7. The van der Waals surface area contributed by atoms with Crippen LogP contribution >= 0.6 is 11.3 Å². The second kappa shape index (κ2) is 5.91. The lowest BCUT2D eigenvalue weighted by Crippen LogP contribution is -2.31. The van der Waals surface area contributed by atoms with E-state index in [4.69, 9.17) is 0 Å². The number of benzene rings is 1. The molecule has 0 aliphatic carbocycles. The van der Waals surface area contributed by atoms with Crippen molar-refractivity contribution in [2.24, 2.45) is 0 Å². The highest BCUT2D eigenvalue weighted by molar-refractivity contribution is 7.91. The highest BCUT2D eigenvalue weighted by Gasteiger charge is 2.29. The number of thiophene rings is 1. The van der Waals surface area contributed by atoms with Gasteiger partial charge in [0, 0.05) is 23.4 Å². The Morgan fingerprint density at radius 2 is 2.10 bits per heavy atom. The second-order valence-electron chi connectivity index (χ2n) is 5.52. The van der Waals surface area contributed by atoms with Crippen LogP contribution in [0.2, 0.25) is 0 Å². The van der Waals surface area contributed by atoms with Crippen LogP contribution in [-0.2, 0) is 9.84 Å².